The van der Waals surface area contributed by atoms with Crippen molar-refractivity contribution < 1.29 is 4.79 Å². The third-order valence-corrected chi connectivity index (χ3v) is 6.53. The van der Waals surface area contributed by atoms with Crippen LogP contribution >= 0.6 is 11.5 Å². The number of aromatic nitrogens is 3. The van der Waals surface area contributed by atoms with Crippen LogP contribution < -0.4 is 5.32 Å². The largest absolute Gasteiger partial charge is 0.346 e. The smallest absolute Gasteiger partial charge is 0.271 e. The van der Waals surface area contributed by atoms with Crippen LogP contribution in [0.15, 0.2) is 30.5 Å². The molecule has 0 aliphatic carbocycles. The maximum absolute atomic E-state index is 12.8. The number of nitrogens with one attached hydrogen (secondary N) is 1. The highest BCUT2D eigenvalue weighted by molar-refractivity contribution is 7.13. The Morgan fingerprint density at radius 1 is 1.27 bits per heavy atom. The summed E-state index contributed by atoms with van der Waals surface area (Å²) in [7, 11) is 0. The van der Waals surface area contributed by atoms with E-state index in [0.717, 1.165) is 28.0 Å². The first kappa shape index (κ1) is 16.0. The molecule has 3 fully saturated rings. The van der Waals surface area contributed by atoms with Gasteiger partial charge in [-0.25, -0.2) is 4.68 Å². The number of hydrogen-bond acceptors (Lipinski definition) is 5. The van der Waals surface area contributed by atoms with E-state index >= 15 is 0 Å². The number of carbonyl (C=O) groups is 1. The van der Waals surface area contributed by atoms with E-state index in [2.05, 4.69) is 25.8 Å². The number of aryl methyl sites for hydroxylation is 1. The minimum atomic E-state index is -0.0435. The van der Waals surface area contributed by atoms with Gasteiger partial charge in [0.05, 0.1) is 10.4 Å². The van der Waals surface area contributed by atoms with Gasteiger partial charge in [-0.1, -0.05) is 0 Å². The molecule has 6 rings (SSSR count). The Balaban J connectivity index is 1.41. The van der Waals surface area contributed by atoms with Crippen molar-refractivity contribution in [3.05, 3.63) is 41.9 Å². The molecule has 2 aromatic heterocycles. The van der Waals surface area contributed by atoms with Crippen molar-refractivity contribution in [2.45, 2.75) is 25.8 Å². The highest BCUT2D eigenvalue weighted by atomic mass is 32.1. The fourth-order valence-electron chi connectivity index (χ4n) is 4.23. The van der Waals surface area contributed by atoms with Gasteiger partial charge in [-0.3, -0.25) is 4.79 Å². The highest BCUT2D eigenvalue weighted by Gasteiger charge is 2.35. The van der Waals surface area contributed by atoms with Gasteiger partial charge >= 0.3 is 0 Å². The Morgan fingerprint density at radius 2 is 2.12 bits per heavy atom. The minimum Gasteiger partial charge on any atom is -0.346 e. The Bertz CT molecular complexity index is 969. The number of fused-ring (bicyclic) bond motifs is 4. The SMILES string of the molecule is Cc1ccnn1-c1ccc2c(C(=O)N[C@@H]3CN4CCC3CC4)nsc2c1. The number of piperidine rings is 3. The van der Waals surface area contributed by atoms with Gasteiger partial charge in [0.15, 0.2) is 0 Å². The molecule has 3 aliphatic rings. The van der Waals surface area contributed by atoms with Gasteiger partial charge in [0.1, 0.15) is 5.69 Å². The van der Waals surface area contributed by atoms with Gasteiger partial charge in [0, 0.05) is 29.9 Å². The summed E-state index contributed by atoms with van der Waals surface area (Å²) in [6.45, 7) is 5.34. The van der Waals surface area contributed by atoms with Crippen LogP contribution in [0.4, 0.5) is 0 Å². The molecule has 134 valence electrons. The molecule has 3 saturated heterocycles. The number of hydrogen-bond donors (Lipinski definition) is 1. The lowest BCUT2D eigenvalue weighted by Gasteiger charge is -2.44. The van der Waals surface area contributed by atoms with Gasteiger partial charge in [-0.2, -0.15) is 9.47 Å². The van der Waals surface area contributed by atoms with Gasteiger partial charge in [-0.05, 0) is 74.6 Å². The molecular weight excluding hydrogens is 346 g/mol. The monoisotopic (exact) mass is 367 g/mol. The van der Waals surface area contributed by atoms with Crippen LogP contribution in [0.5, 0.6) is 0 Å². The molecule has 1 atom stereocenters. The standard InChI is InChI=1S/C19H21N5OS/c1-12-4-7-20-24(12)14-2-3-15-17(10-14)26-22-18(15)19(25)21-16-11-23-8-5-13(16)6-9-23/h2-4,7,10,13,16H,5-6,8-9,11H2,1H3,(H,21,25)/t16-/m1/s1. The molecule has 0 unspecified atom stereocenters. The predicted octanol–water partition coefficient (Wildman–Crippen LogP) is 2.61. The average Bonchev–Trinajstić information content (AvgIpc) is 3.28. The quantitative estimate of drug-likeness (QED) is 0.773. The normalized spacial score (nSPS) is 24.9. The van der Waals surface area contributed by atoms with E-state index in [1.54, 1.807) is 6.20 Å². The van der Waals surface area contributed by atoms with Gasteiger partial charge in [-0.15, -0.1) is 0 Å². The first-order chi connectivity index (χ1) is 12.7. The van der Waals surface area contributed by atoms with Gasteiger partial charge in [0.2, 0.25) is 0 Å². The Morgan fingerprint density at radius 3 is 2.81 bits per heavy atom. The van der Waals surface area contributed by atoms with Crippen molar-refractivity contribution in [2.75, 3.05) is 19.6 Å². The van der Waals surface area contributed by atoms with Crippen molar-refractivity contribution >= 4 is 27.5 Å². The number of benzene rings is 1. The highest BCUT2D eigenvalue weighted by Crippen LogP contribution is 2.29. The summed E-state index contributed by atoms with van der Waals surface area (Å²) in [5.41, 5.74) is 2.62. The van der Waals surface area contributed by atoms with Crippen molar-refractivity contribution in [1.82, 2.24) is 24.4 Å². The molecule has 3 aliphatic heterocycles. The number of nitrogens with zero attached hydrogens (tertiary/aromatic N) is 4. The second-order valence-corrected chi connectivity index (χ2v) is 8.12. The van der Waals surface area contributed by atoms with E-state index in [9.17, 15) is 4.79 Å². The molecule has 0 spiro atoms. The lowest BCUT2D eigenvalue weighted by Crippen LogP contribution is -2.57. The zero-order chi connectivity index (χ0) is 17.7. The lowest BCUT2D eigenvalue weighted by atomic mass is 9.84. The van der Waals surface area contributed by atoms with Crippen LogP contribution in [-0.4, -0.2) is 50.6 Å². The topological polar surface area (TPSA) is 63.1 Å². The molecule has 26 heavy (non-hydrogen) atoms. The summed E-state index contributed by atoms with van der Waals surface area (Å²) in [6.07, 6.45) is 4.17. The van der Waals surface area contributed by atoms with E-state index in [1.807, 2.05) is 29.8 Å². The van der Waals surface area contributed by atoms with Crippen molar-refractivity contribution in [2.24, 2.45) is 5.92 Å². The number of amides is 1. The lowest BCUT2D eigenvalue weighted by molar-refractivity contribution is 0.0619. The fraction of sp³-hybridized carbons (Fsp3) is 0.421. The molecule has 6 nitrogen and oxygen atoms in total. The summed E-state index contributed by atoms with van der Waals surface area (Å²) in [4.78, 5) is 15.3. The zero-order valence-electron chi connectivity index (χ0n) is 14.7. The van der Waals surface area contributed by atoms with E-state index in [4.69, 9.17) is 0 Å². The van der Waals surface area contributed by atoms with Crippen molar-refractivity contribution in [1.29, 1.82) is 0 Å². The van der Waals surface area contributed by atoms with Gasteiger partial charge < -0.3 is 10.2 Å². The molecule has 7 heteroatoms. The molecule has 1 N–H and O–H groups in total. The van der Waals surface area contributed by atoms with E-state index in [-0.39, 0.29) is 11.9 Å². The van der Waals surface area contributed by atoms with Crippen LogP contribution in [0, 0.1) is 12.8 Å². The van der Waals surface area contributed by atoms with Crippen molar-refractivity contribution in [3.8, 4) is 5.69 Å². The maximum Gasteiger partial charge on any atom is 0.271 e. The summed E-state index contributed by atoms with van der Waals surface area (Å²) in [5, 5.41) is 8.51. The third-order valence-electron chi connectivity index (χ3n) is 5.72. The van der Waals surface area contributed by atoms with Gasteiger partial charge in [0.25, 0.3) is 5.91 Å². The first-order valence-corrected chi connectivity index (χ1v) is 9.90. The summed E-state index contributed by atoms with van der Waals surface area (Å²) in [6, 6.07) is 8.28. The number of carbonyl (C=O) groups excluding carboxylic acids is 1. The molecular formula is C19H21N5OS. The molecule has 5 heterocycles. The molecule has 3 aromatic rings. The van der Waals surface area contributed by atoms with E-state index in [1.165, 1.54) is 37.5 Å². The minimum absolute atomic E-state index is 0.0435. The zero-order valence-corrected chi connectivity index (χ0v) is 15.5. The van der Waals surface area contributed by atoms with Crippen LogP contribution in [0.2, 0.25) is 0 Å². The second-order valence-electron chi connectivity index (χ2n) is 7.31. The molecule has 1 aromatic carbocycles. The van der Waals surface area contributed by atoms with Crippen LogP contribution in [0.3, 0.4) is 0 Å². The summed E-state index contributed by atoms with van der Waals surface area (Å²) >= 11 is 1.37. The fourth-order valence-corrected chi connectivity index (χ4v) is 5.03. The molecule has 1 amide bonds. The van der Waals surface area contributed by atoms with E-state index < -0.39 is 0 Å². The number of rotatable bonds is 3. The first-order valence-electron chi connectivity index (χ1n) is 9.13. The Hall–Kier alpha value is -2.25. The predicted molar refractivity (Wildman–Crippen MR) is 102 cm³/mol. The molecule has 2 bridgehead atoms. The molecule has 0 radical (unpaired) electrons. The Labute approximate surface area is 156 Å². The van der Waals surface area contributed by atoms with Crippen LogP contribution in [0.25, 0.3) is 15.8 Å². The molecule has 0 saturated carbocycles. The third kappa shape index (κ3) is 2.62. The maximum atomic E-state index is 12.8. The summed E-state index contributed by atoms with van der Waals surface area (Å²) in [5.74, 6) is 0.571. The van der Waals surface area contributed by atoms with Crippen molar-refractivity contribution in [3.63, 3.8) is 0 Å². The van der Waals surface area contributed by atoms with E-state index in [0.29, 0.717) is 11.6 Å². The van der Waals surface area contributed by atoms with Crippen LogP contribution in [-0.2, 0) is 0 Å². The average molecular weight is 367 g/mol. The summed E-state index contributed by atoms with van der Waals surface area (Å²) < 4.78 is 7.36. The van der Waals surface area contributed by atoms with Crippen LogP contribution in [0.1, 0.15) is 29.0 Å². The second kappa shape index (κ2) is 6.17. The Kier molecular flexibility index (Phi) is 3.79.